The van der Waals surface area contributed by atoms with E-state index in [-0.39, 0.29) is 11.9 Å². The van der Waals surface area contributed by atoms with E-state index < -0.39 is 0 Å². The van der Waals surface area contributed by atoms with Crippen molar-refractivity contribution in [1.29, 1.82) is 0 Å². The maximum Gasteiger partial charge on any atom is 0.274 e. The summed E-state index contributed by atoms with van der Waals surface area (Å²) < 4.78 is 0. The molecule has 0 bridgehead atoms. The van der Waals surface area contributed by atoms with E-state index >= 15 is 0 Å². The Kier molecular flexibility index (Phi) is 2.30. The third-order valence-electron chi connectivity index (χ3n) is 4.05. The van der Waals surface area contributed by atoms with Gasteiger partial charge in [0, 0.05) is 12.0 Å². The molecule has 2 aromatic carbocycles. The molecule has 1 atom stereocenters. The number of amides is 1. The van der Waals surface area contributed by atoms with E-state index in [0.29, 0.717) is 0 Å². The predicted octanol–water partition coefficient (Wildman–Crippen LogP) is 3.30. The average molecular weight is 262 g/mol. The fraction of sp³-hybridized carbons (Fsp3) is 0.176. The minimum Gasteiger partial charge on any atom is -0.267 e. The lowest BCUT2D eigenvalue weighted by atomic mass is 9.98. The molecule has 0 saturated carbocycles. The molecule has 98 valence electrons. The zero-order chi connectivity index (χ0) is 13.7. The van der Waals surface area contributed by atoms with Gasteiger partial charge in [0.2, 0.25) is 0 Å². The third kappa shape index (κ3) is 1.53. The highest BCUT2D eigenvalue weighted by molar-refractivity contribution is 6.07. The van der Waals surface area contributed by atoms with Crippen LogP contribution < -0.4 is 0 Å². The van der Waals surface area contributed by atoms with Crippen LogP contribution in [0.2, 0.25) is 0 Å². The maximum absolute atomic E-state index is 12.3. The zero-order valence-corrected chi connectivity index (χ0v) is 11.2. The van der Waals surface area contributed by atoms with Gasteiger partial charge in [0.25, 0.3) is 5.91 Å². The highest BCUT2D eigenvalue weighted by atomic mass is 16.2. The van der Waals surface area contributed by atoms with Crippen LogP contribution in [-0.4, -0.2) is 16.6 Å². The van der Waals surface area contributed by atoms with Crippen molar-refractivity contribution in [3.05, 3.63) is 70.8 Å². The van der Waals surface area contributed by atoms with Gasteiger partial charge in [-0.1, -0.05) is 48.0 Å². The molecule has 1 amide bonds. The van der Waals surface area contributed by atoms with E-state index in [4.69, 9.17) is 0 Å². The van der Waals surface area contributed by atoms with Crippen LogP contribution in [0, 0.1) is 6.92 Å². The quantitative estimate of drug-likeness (QED) is 0.776. The van der Waals surface area contributed by atoms with Gasteiger partial charge in [-0.2, -0.15) is 5.10 Å². The van der Waals surface area contributed by atoms with Crippen LogP contribution in [0.4, 0.5) is 0 Å². The van der Waals surface area contributed by atoms with Crippen LogP contribution in [0.15, 0.2) is 53.6 Å². The fourth-order valence-electron chi connectivity index (χ4n) is 2.97. The standard InChI is InChI=1S/C17H14N2O/c1-11-6-8-12(9-7-11)15-10-16-13-4-2-3-5-14(13)17(20)19(16)18-15/h2-9,16H,10H2,1H3. The third-order valence-corrected chi connectivity index (χ3v) is 4.05. The fourth-order valence-corrected chi connectivity index (χ4v) is 2.97. The molecule has 0 fully saturated rings. The van der Waals surface area contributed by atoms with Crippen LogP contribution in [0.5, 0.6) is 0 Å². The molecular formula is C17H14N2O. The van der Waals surface area contributed by atoms with Crippen molar-refractivity contribution < 1.29 is 4.79 Å². The molecular weight excluding hydrogens is 248 g/mol. The number of carbonyl (C=O) groups excluding carboxylic acids is 1. The summed E-state index contributed by atoms with van der Waals surface area (Å²) in [6, 6.07) is 16.2. The summed E-state index contributed by atoms with van der Waals surface area (Å²) in [5.74, 6) is 0.0210. The molecule has 3 heteroatoms. The molecule has 2 aliphatic heterocycles. The van der Waals surface area contributed by atoms with Gasteiger partial charge in [-0.3, -0.25) is 4.79 Å². The van der Waals surface area contributed by atoms with Gasteiger partial charge in [-0.15, -0.1) is 0 Å². The van der Waals surface area contributed by atoms with Crippen LogP contribution in [0.1, 0.15) is 39.5 Å². The Morgan fingerprint density at radius 3 is 2.65 bits per heavy atom. The number of benzene rings is 2. The number of hydrogen-bond acceptors (Lipinski definition) is 2. The lowest BCUT2D eigenvalue weighted by Crippen LogP contribution is -2.17. The number of fused-ring (bicyclic) bond motifs is 3. The Morgan fingerprint density at radius 2 is 1.85 bits per heavy atom. The number of carbonyl (C=O) groups is 1. The lowest BCUT2D eigenvalue weighted by Gasteiger charge is -2.10. The highest BCUT2D eigenvalue weighted by Gasteiger charge is 2.41. The first-order valence-electron chi connectivity index (χ1n) is 6.81. The summed E-state index contributed by atoms with van der Waals surface area (Å²) in [6.45, 7) is 2.07. The molecule has 2 aliphatic rings. The molecule has 0 N–H and O–H groups in total. The average Bonchev–Trinajstić information content (AvgIpc) is 3.01. The largest absolute Gasteiger partial charge is 0.274 e. The molecule has 0 aliphatic carbocycles. The van der Waals surface area contributed by atoms with Gasteiger partial charge >= 0.3 is 0 Å². The van der Waals surface area contributed by atoms with Crippen LogP contribution in [0.3, 0.4) is 0 Å². The number of nitrogens with zero attached hydrogens (tertiary/aromatic N) is 2. The van der Waals surface area contributed by atoms with Gasteiger partial charge in [0.05, 0.1) is 11.8 Å². The smallest absolute Gasteiger partial charge is 0.267 e. The summed E-state index contributed by atoms with van der Waals surface area (Å²) in [7, 11) is 0. The predicted molar refractivity (Wildman–Crippen MR) is 77.7 cm³/mol. The number of rotatable bonds is 1. The van der Waals surface area contributed by atoms with Crippen molar-refractivity contribution in [2.45, 2.75) is 19.4 Å². The maximum atomic E-state index is 12.3. The number of hydrazone groups is 1. The normalized spacial score (nSPS) is 19.9. The molecule has 2 heterocycles. The Labute approximate surface area is 117 Å². The summed E-state index contributed by atoms with van der Waals surface area (Å²) in [6.07, 6.45) is 0.797. The van der Waals surface area contributed by atoms with Crippen LogP contribution >= 0.6 is 0 Å². The van der Waals surface area contributed by atoms with Crippen LogP contribution in [0.25, 0.3) is 0 Å². The van der Waals surface area contributed by atoms with Crippen molar-refractivity contribution >= 4 is 11.6 Å². The minimum absolute atomic E-state index is 0.0210. The zero-order valence-electron chi connectivity index (χ0n) is 11.2. The molecule has 3 nitrogen and oxygen atoms in total. The van der Waals surface area contributed by atoms with Gasteiger partial charge in [0.1, 0.15) is 0 Å². The summed E-state index contributed by atoms with van der Waals surface area (Å²) in [5, 5.41) is 6.18. The summed E-state index contributed by atoms with van der Waals surface area (Å²) >= 11 is 0. The molecule has 20 heavy (non-hydrogen) atoms. The molecule has 0 aromatic heterocycles. The van der Waals surface area contributed by atoms with Gasteiger partial charge in [-0.25, -0.2) is 5.01 Å². The van der Waals surface area contributed by atoms with Gasteiger partial charge in [0.15, 0.2) is 0 Å². The highest BCUT2D eigenvalue weighted by Crippen LogP contribution is 2.40. The molecule has 0 radical (unpaired) electrons. The first-order chi connectivity index (χ1) is 9.74. The second-order valence-corrected chi connectivity index (χ2v) is 5.37. The van der Waals surface area contributed by atoms with E-state index in [1.165, 1.54) is 5.56 Å². The minimum atomic E-state index is 0.0210. The first-order valence-corrected chi connectivity index (χ1v) is 6.81. The molecule has 0 saturated heterocycles. The lowest BCUT2D eigenvalue weighted by molar-refractivity contribution is 0.0756. The van der Waals surface area contributed by atoms with Crippen molar-refractivity contribution in [3.63, 3.8) is 0 Å². The topological polar surface area (TPSA) is 32.7 Å². The second-order valence-electron chi connectivity index (χ2n) is 5.37. The second kappa shape index (κ2) is 4.04. The van der Waals surface area contributed by atoms with Crippen molar-refractivity contribution in [3.8, 4) is 0 Å². The van der Waals surface area contributed by atoms with Crippen LogP contribution in [-0.2, 0) is 0 Å². The van der Waals surface area contributed by atoms with Crippen molar-refractivity contribution in [2.75, 3.05) is 0 Å². The Balaban J connectivity index is 1.72. The summed E-state index contributed by atoms with van der Waals surface area (Å²) in [4.78, 5) is 12.3. The monoisotopic (exact) mass is 262 g/mol. The van der Waals surface area contributed by atoms with E-state index in [1.807, 2.05) is 24.3 Å². The first kappa shape index (κ1) is 11.4. The van der Waals surface area contributed by atoms with Gasteiger partial charge < -0.3 is 0 Å². The Bertz CT molecular complexity index is 731. The number of aryl methyl sites for hydroxylation is 1. The van der Waals surface area contributed by atoms with Crippen molar-refractivity contribution in [2.24, 2.45) is 5.10 Å². The van der Waals surface area contributed by atoms with E-state index in [0.717, 1.165) is 28.8 Å². The molecule has 4 rings (SSSR count). The Hall–Kier alpha value is -2.42. The van der Waals surface area contributed by atoms with Crippen molar-refractivity contribution in [1.82, 2.24) is 5.01 Å². The molecule has 0 spiro atoms. The van der Waals surface area contributed by atoms with E-state index in [9.17, 15) is 4.79 Å². The number of hydrogen-bond donors (Lipinski definition) is 0. The van der Waals surface area contributed by atoms with Gasteiger partial charge in [-0.05, 0) is 24.1 Å². The summed E-state index contributed by atoms with van der Waals surface area (Å²) in [5.41, 5.74) is 5.23. The van der Waals surface area contributed by atoms with E-state index in [1.54, 1.807) is 5.01 Å². The Morgan fingerprint density at radius 1 is 1.10 bits per heavy atom. The van der Waals surface area contributed by atoms with E-state index in [2.05, 4.69) is 36.3 Å². The molecule has 2 aromatic rings. The SMILES string of the molecule is Cc1ccc(C2=NN3C(=O)c4ccccc4C3C2)cc1. The molecule has 1 unspecified atom stereocenters.